The molecule has 0 saturated carbocycles. The molecule has 0 atom stereocenters. The molecule has 0 N–H and O–H groups in total. The Balaban J connectivity index is 2.18. The highest BCUT2D eigenvalue weighted by atomic mass is 32.1. The number of benzene rings is 1. The summed E-state index contributed by atoms with van der Waals surface area (Å²) >= 11 is 1.59. The number of rotatable bonds is 2. The number of ether oxygens (including phenoxy) is 1. The van der Waals surface area contributed by atoms with Gasteiger partial charge in [-0.2, -0.15) is 5.10 Å². The molecular weight excluding hydrogens is 246 g/mol. The minimum absolute atomic E-state index is 0.836. The Bertz CT molecular complexity index is 683. The van der Waals surface area contributed by atoms with Gasteiger partial charge in [-0.15, -0.1) is 0 Å². The van der Waals surface area contributed by atoms with E-state index < -0.39 is 0 Å². The molecule has 0 aliphatic rings. The van der Waals surface area contributed by atoms with E-state index >= 15 is 0 Å². The van der Waals surface area contributed by atoms with Gasteiger partial charge in [0.15, 0.2) is 0 Å². The number of aryl methyl sites for hydroxylation is 2. The molecular formula is C13H13N3OS. The molecule has 3 aromatic rings. The van der Waals surface area contributed by atoms with Gasteiger partial charge in [0.25, 0.3) is 0 Å². The van der Waals surface area contributed by atoms with Gasteiger partial charge in [0, 0.05) is 5.56 Å². The van der Waals surface area contributed by atoms with Crippen molar-refractivity contribution in [1.29, 1.82) is 0 Å². The number of methoxy groups -OCH3 is 1. The number of nitrogens with zero attached hydrogens (tertiary/aromatic N) is 3. The highest BCUT2D eigenvalue weighted by Crippen LogP contribution is 2.31. The van der Waals surface area contributed by atoms with Gasteiger partial charge in [0.1, 0.15) is 10.8 Å². The third-order valence-electron chi connectivity index (χ3n) is 2.78. The lowest BCUT2D eigenvalue weighted by atomic mass is 10.1. The van der Waals surface area contributed by atoms with Gasteiger partial charge in [-0.25, -0.2) is 9.50 Å². The lowest BCUT2D eigenvalue weighted by Gasteiger charge is -2.06. The molecule has 0 aliphatic carbocycles. The SMILES string of the molecule is COc1ccc(C)cc1-c1cn2nc(C)sc2n1. The lowest BCUT2D eigenvalue weighted by molar-refractivity contribution is 0.416. The molecule has 0 unspecified atom stereocenters. The fourth-order valence-electron chi connectivity index (χ4n) is 1.95. The van der Waals surface area contributed by atoms with Crippen LogP contribution >= 0.6 is 11.3 Å². The van der Waals surface area contributed by atoms with Gasteiger partial charge in [-0.1, -0.05) is 23.0 Å². The Labute approximate surface area is 109 Å². The number of hydrogen-bond donors (Lipinski definition) is 0. The van der Waals surface area contributed by atoms with Crippen LogP contribution < -0.4 is 4.74 Å². The second-order valence-electron chi connectivity index (χ2n) is 4.18. The number of hydrogen-bond acceptors (Lipinski definition) is 4. The van der Waals surface area contributed by atoms with Crippen LogP contribution in [0.5, 0.6) is 5.75 Å². The average molecular weight is 259 g/mol. The van der Waals surface area contributed by atoms with Gasteiger partial charge >= 0.3 is 0 Å². The van der Waals surface area contributed by atoms with E-state index in [1.165, 1.54) is 5.56 Å². The average Bonchev–Trinajstić information content (AvgIpc) is 2.85. The maximum Gasteiger partial charge on any atom is 0.212 e. The standard InChI is InChI=1S/C13H13N3OS/c1-8-4-5-12(17-3)10(6-8)11-7-16-13(14-11)18-9(2)15-16/h4-7H,1-3H3. The van der Waals surface area contributed by atoms with E-state index in [4.69, 9.17) is 4.74 Å². The minimum atomic E-state index is 0.836. The third kappa shape index (κ3) is 1.76. The van der Waals surface area contributed by atoms with Crippen molar-refractivity contribution in [2.45, 2.75) is 13.8 Å². The molecule has 0 saturated heterocycles. The monoisotopic (exact) mass is 259 g/mol. The summed E-state index contributed by atoms with van der Waals surface area (Å²) in [6.45, 7) is 4.04. The summed E-state index contributed by atoms with van der Waals surface area (Å²) in [6, 6.07) is 6.08. The maximum absolute atomic E-state index is 5.38. The molecule has 5 heteroatoms. The first-order valence-electron chi connectivity index (χ1n) is 5.65. The first kappa shape index (κ1) is 11.2. The molecule has 2 aromatic heterocycles. The zero-order chi connectivity index (χ0) is 12.7. The molecule has 2 heterocycles. The van der Waals surface area contributed by atoms with Crippen molar-refractivity contribution in [2.75, 3.05) is 7.11 Å². The van der Waals surface area contributed by atoms with Crippen LogP contribution in [-0.4, -0.2) is 21.7 Å². The van der Waals surface area contributed by atoms with Crippen LogP contribution in [0.3, 0.4) is 0 Å². The summed E-state index contributed by atoms with van der Waals surface area (Å²) in [4.78, 5) is 5.50. The van der Waals surface area contributed by atoms with Crippen molar-refractivity contribution in [3.8, 4) is 17.0 Å². The van der Waals surface area contributed by atoms with E-state index in [9.17, 15) is 0 Å². The Kier molecular flexibility index (Phi) is 2.56. The molecule has 1 aromatic carbocycles. The molecule has 0 spiro atoms. The van der Waals surface area contributed by atoms with Gasteiger partial charge in [-0.3, -0.25) is 0 Å². The normalized spacial score (nSPS) is 11.1. The number of imidazole rings is 1. The molecule has 0 amide bonds. The first-order valence-corrected chi connectivity index (χ1v) is 6.47. The van der Waals surface area contributed by atoms with Crippen LogP contribution in [0.4, 0.5) is 0 Å². The molecule has 92 valence electrons. The predicted molar refractivity (Wildman–Crippen MR) is 72.3 cm³/mol. The van der Waals surface area contributed by atoms with Crippen LogP contribution in [0.2, 0.25) is 0 Å². The van der Waals surface area contributed by atoms with Crippen LogP contribution in [0.1, 0.15) is 10.6 Å². The molecule has 0 aliphatic heterocycles. The van der Waals surface area contributed by atoms with Crippen molar-refractivity contribution in [3.05, 3.63) is 35.0 Å². The second kappa shape index (κ2) is 4.10. The Hall–Kier alpha value is -1.88. The van der Waals surface area contributed by atoms with Gasteiger partial charge in [0.05, 0.1) is 19.0 Å². The van der Waals surface area contributed by atoms with E-state index in [0.29, 0.717) is 0 Å². The minimum Gasteiger partial charge on any atom is -0.496 e. The number of aromatic nitrogens is 3. The first-order chi connectivity index (χ1) is 8.67. The smallest absolute Gasteiger partial charge is 0.212 e. The van der Waals surface area contributed by atoms with Gasteiger partial charge in [-0.05, 0) is 26.0 Å². The van der Waals surface area contributed by atoms with Crippen LogP contribution in [-0.2, 0) is 0 Å². The van der Waals surface area contributed by atoms with E-state index in [-0.39, 0.29) is 0 Å². The fourth-order valence-corrected chi connectivity index (χ4v) is 2.68. The second-order valence-corrected chi connectivity index (χ2v) is 5.34. The number of fused-ring (bicyclic) bond motifs is 1. The van der Waals surface area contributed by atoms with Crippen molar-refractivity contribution in [2.24, 2.45) is 0 Å². The zero-order valence-corrected chi connectivity index (χ0v) is 11.3. The van der Waals surface area contributed by atoms with Gasteiger partial charge in [0.2, 0.25) is 4.96 Å². The van der Waals surface area contributed by atoms with Crippen molar-refractivity contribution < 1.29 is 4.74 Å². The van der Waals surface area contributed by atoms with Crippen molar-refractivity contribution >= 4 is 16.3 Å². The molecule has 0 fully saturated rings. The summed E-state index contributed by atoms with van der Waals surface area (Å²) in [5.74, 6) is 0.836. The van der Waals surface area contributed by atoms with Crippen LogP contribution in [0.25, 0.3) is 16.2 Å². The zero-order valence-electron chi connectivity index (χ0n) is 10.5. The Morgan fingerprint density at radius 2 is 2.11 bits per heavy atom. The largest absolute Gasteiger partial charge is 0.496 e. The van der Waals surface area contributed by atoms with Crippen molar-refractivity contribution in [1.82, 2.24) is 14.6 Å². The summed E-state index contributed by atoms with van der Waals surface area (Å²) in [7, 11) is 1.68. The highest BCUT2D eigenvalue weighted by molar-refractivity contribution is 7.16. The highest BCUT2D eigenvalue weighted by Gasteiger charge is 2.12. The van der Waals surface area contributed by atoms with E-state index in [2.05, 4.69) is 23.1 Å². The molecule has 3 rings (SSSR count). The molecule has 0 bridgehead atoms. The summed E-state index contributed by atoms with van der Waals surface area (Å²) < 4.78 is 7.20. The van der Waals surface area contributed by atoms with Crippen molar-refractivity contribution in [3.63, 3.8) is 0 Å². The van der Waals surface area contributed by atoms with Gasteiger partial charge < -0.3 is 4.74 Å². The topological polar surface area (TPSA) is 39.4 Å². The maximum atomic E-state index is 5.38. The van der Waals surface area contributed by atoms with E-state index in [0.717, 1.165) is 27.0 Å². The summed E-state index contributed by atoms with van der Waals surface area (Å²) in [5.41, 5.74) is 3.09. The lowest BCUT2D eigenvalue weighted by Crippen LogP contribution is -1.89. The molecule has 18 heavy (non-hydrogen) atoms. The quantitative estimate of drug-likeness (QED) is 0.710. The Morgan fingerprint density at radius 1 is 1.28 bits per heavy atom. The van der Waals surface area contributed by atoms with Crippen LogP contribution in [0.15, 0.2) is 24.4 Å². The third-order valence-corrected chi connectivity index (χ3v) is 3.61. The molecule has 0 radical (unpaired) electrons. The summed E-state index contributed by atoms with van der Waals surface area (Å²) in [6.07, 6.45) is 1.94. The van der Waals surface area contributed by atoms with Crippen LogP contribution in [0, 0.1) is 13.8 Å². The summed E-state index contributed by atoms with van der Waals surface area (Å²) in [5, 5.41) is 5.38. The van der Waals surface area contributed by atoms with E-state index in [1.807, 2.05) is 29.8 Å². The Morgan fingerprint density at radius 3 is 2.83 bits per heavy atom. The molecule has 4 nitrogen and oxygen atoms in total. The van der Waals surface area contributed by atoms with E-state index in [1.54, 1.807) is 18.4 Å². The predicted octanol–water partition coefficient (Wildman–Crippen LogP) is 3.08. The fraction of sp³-hybridized carbons (Fsp3) is 0.231.